The van der Waals surface area contributed by atoms with Crippen LogP contribution in [-0.4, -0.2) is 17.6 Å². The number of halogens is 1. The average Bonchev–Trinajstić information content (AvgIpc) is 2.54. The van der Waals surface area contributed by atoms with Crippen molar-refractivity contribution in [1.29, 1.82) is 0 Å². The van der Waals surface area contributed by atoms with Gasteiger partial charge >= 0.3 is 0 Å². The summed E-state index contributed by atoms with van der Waals surface area (Å²) in [5, 5.41) is 5.44. The Bertz CT molecular complexity index is 750. The van der Waals surface area contributed by atoms with Gasteiger partial charge in [-0.3, -0.25) is 10.1 Å². The van der Waals surface area contributed by atoms with Crippen LogP contribution >= 0.6 is 12.2 Å². The van der Waals surface area contributed by atoms with Crippen LogP contribution in [0, 0.1) is 11.7 Å². The molecule has 1 amide bonds. The number of rotatable bonds is 6. The summed E-state index contributed by atoms with van der Waals surface area (Å²) in [6.45, 7) is 4.85. The average molecular weight is 360 g/mol. The summed E-state index contributed by atoms with van der Waals surface area (Å²) in [5.41, 5.74) is 0.904. The minimum atomic E-state index is -0.384. The van der Waals surface area contributed by atoms with Crippen molar-refractivity contribution in [2.75, 3.05) is 11.9 Å². The van der Waals surface area contributed by atoms with E-state index in [1.54, 1.807) is 36.4 Å². The van der Waals surface area contributed by atoms with Crippen molar-refractivity contribution in [3.05, 3.63) is 59.9 Å². The second kappa shape index (κ2) is 9.13. The number of anilines is 1. The van der Waals surface area contributed by atoms with Crippen LogP contribution in [0.5, 0.6) is 5.75 Å². The fraction of sp³-hybridized carbons (Fsp3) is 0.263. The molecule has 0 aliphatic carbocycles. The van der Waals surface area contributed by atoms with Crippen molar-refractivity contribution in [1.82, 2.24) is 5.32 Å². The molecule has 0 radical (unpaired) electrons. The van der Waals surface area contributed by atoms with Gasteiger partial charge in [-0.15, -0.1) is 0 Å². The number of amides is 1. The molecule has 0 aliphatic heterocycles. The van der Waals surface area contributed by atoms with Gasteiger partial charge < -0.3 is 10.1 Å². The fourth-order valence-corrected chi connectivity index (χ4v) is 2.25. The van der Waals surface area contributed by atoms with E-state index in [9.17, 15) is 9.18 Å². The van der Waals surface area contributed by atoms with Crippen molar-refractivity contribution in [3.8, 4) is 5.75 Å². The lowest BCUT2D eigenvalue weighted by molar-refractivity contribution is 0.0977. The summed E-state index contributed by atoms with van der Waals surface area (Å²) in [7, 11) is 0. The molecule has 0 fully saturated rings. The SMILES string of the molecule is CC(C)CCOc1cccc(C(=O)NC(=S)Nc2cccc(F)c2)c1. The van der Waals surface area contributed by atoms with Crippen molar-refractivity contribution in [2.45, 2.75) is 20.3 Å². The summed E-state index contributed by atoms with van der Waals surface area (Å²) < 4.78 is 18.8. The predicted octanol–water partition coefficient (Wildman–Crippen LogP) is 4.38. The lowest BCUT2D eigenvalue weighted by Crippen LogP contribution is -2.34. The molecule has 0 aliphatic rings. The smallest absolute Gasteiger partial charge is 0.257 e. The van der Waals surface area contributed by atoms with Gasteiger partial charge in [0.1, 0.15) is 11.6 Å². The maximum atomic E-state index is 13.2. The van der Waals surface area contributed by atoms with E-state index >= 15 is 0 Å². The van der Waals surface area contributed by atoms with Crippen molar-refractivity contribution in [2.24, 2.45) is 5.92 Å². The first-order valence-corrected chi connectivity index (χ1v) is 8.45. The number of thiocarbonyl (C=S) groups is 1. The number of hydrogen-bond donors (Lipinski definition) is 2. The van der Waals surface area contributed by atoms with E-state index < -0.39 is 0 Å². The molecular formula is C19H21FN2O2S. The Hall–Kier alpha value is -2.47. The highest BCUT2D eigenvalue weighted by molar-refractivity contribution is 7.80. The highest BCUT2D eigenvalue weighted by Crippen LogP contribution is 2.15. The minimum Gasteiger partial charge on any atom is -0.494 e. The maximum absolute atomic E-state index is 13.2. The number of hydrogen-bond acceptors (Lipinski definition) is 3. The molecule has 6 heteroatoms. The Morgan fingerprint density at radius 2 is 1.96 bits per heavy atom. The first-order valence-electron chi connectivity index (χ1n) is 8.05. The first-order chi connectivity index (χ1) is 11.9. The van der Waals surface area contributed by atoms with E-state index in [2.05, 4.69) is 24.5 Å². The second-order valence-corrected chi connectivity index (χ2v) is 6.39. The Kier molecular flexibility index (Phi) is 6.89. The molecule has 2 N–H and O–H groups in total. The molecule has 2 rings (SSSR count). The lowest BCUT2D eigenvalue weighted by atomic mass is 10.1. The zero-order valence-electron chi connectivity index (χ0n) is 14.2. The molecule has 4 nitrogen and oxygen atoms in total. The van der Waals surface area contributed by atoms with Crippen LogP contribution in [0.15, 0.2) is 48.5 Å². The number of benzene rings is 2. The van der Waals surface area contributed by atoms with E-state index in [1.165, 1.54) is 12.1 Å². The highest BCUT2D eigenvalue weighted by atomic mass is 32.1. The van der Waals surface area contributed by atoms with Crippen LogP contribution in [-0.2, 0) is 0 Å². The van der Waals surface area contributed by atoms with Crippen molar-refractivity contribution in [3.63, 3.8) is 0 Å². The number of nitrogens with one attached hydrogen (secondary N) is 2. The Morgan fingerprint density at radius 3 is 2.68 bits per heavy atom. The fourth-order valence-electron chi connectivity index (χ4n) is 2.04. The zero-order valence-corrected chi connectivity index (χ0v) is 15.0. The Balaban J connectivity index is 1.92. The second-order valence-electron chi connectivity index (χ2n) is 5.98. The Morgan fingerprint density at radius 1 is 1.20 bits per heavy atom. The topological polar surface area (TPSA) is 50.4 Å². The third-order valence-corrected chi connectivity index (χ3v) is 3.57. The molecule has 0 unspecified atom stereocenters. The zero-order chi connectivity index (χ0) is 18.2. The van der Waals surface area contributed by atoms with Gasteiger partial charge in [0.15, 0.2) is 5.11 Å². The normalized spacial score (nSPS) is 10.4. The van der Waals surface area contributed by atoms with Gasteiger partial charge in [0.2, 0.25) is 0 Å². The molecule has 0 aromatic heterocycles. The molecule has 0 heterocycles. The monoisotopic (exact) mass is 360 g/mol. The first kappa shape index (κ1) is 18.9. The van der Waals surface area contributed by atoms with E-state index in [1.807, 2.05) is 0 Å². The summed E-state index contributed by atoms with van der Waals surface area (Å²) in [5.74, 6) is 0.448. The molecule has 2 aromatic carbocycles. The quantitative estimate of drug-likeness (QED) is 0.751. The van der Waals surface area contributed by atoms with Gasteiger partial charge in [-0.25, -0.2) is 4.39 Å². The summed E-state index contributed by atoms with van der Waals surface area (Å²) in [6, 6.07) is 12.7. The number of ether oxygens (including phenoxy) is 1. The van der Waals surface area contributed by atoms with Gasteiger partial charge in [-0.2, -0.15) is 0 Å². The van der Waals surface area contributed by atoms with E-state index in [4.69, 9.17) is 17.0 Å². The molecule has 0 bridgehead atoms. The van der Waals surface area contributed by atoms with E-state index in [0.717, 1.165) is 6.42 Å². The van der Waals surface area contributed by atoms with Crippen LogP contribution in [0.2, 0.25) is 0 Å². The lowest BCUT2D eigenvalue weighted by Gasteiger charge is -2.11. The molecule has 0 atom stereocenters. The van der Waals surface area contributed by atoms with Crippen LogP contribution < -0.4 is 15.4 Å². The number of carbonyl (C=O) groups is 1. The summed E-state index contributed by atoms with van der Waals surface area (Å²) in [6.07, 6.45) is 0.943. The number of carbonyl (C=O) groups excluding carboxylic acids is 1. The van der Waals surface area contributed by atoms with Crippen LogP contribution in [0.1, 0.15) is 30.6 Å². The largest absolute Gasteiger partial charge is 0.494 e. The highest BCUT2D eigenvalue weighted by Gasteiger charge is 2.09. The van der Waals surface area contributed by atoms with Crippen LogP contribution in [0.4, 0.5) is 10.1 Å². The predicted molar refractivity (Wildman–Crippen MR) is 101 cm³/mol. The van der Waals surface area contributed by atoms with Gasteiger partial charge in [0.25, 0.3) is 5.91 Å². The van der Waals surface area contributed by atoms with Crippen LogP contribution in [0.25, 0.3) is 0 Å². The minimum absolute atomic E-state index is 0.0988. The standard InChI is InChI=1S/C19H21FN2O2S/c1-13(2)9-10-24-17-8-3-5-14(11-17)18(23)22-19(25)21-16-7-4-6-15(20)12-16/h3-8,11-13H,9-10H2,1-2H3,(H2,21,22,23,25). The molecule has 25 heavy (non-hydrogen) atoms. The summed E-state index contributed by atoms with van der Waals surface area (Å²) >= 11 is 5.09. The van der Waals surface area contributed by atoms with Crippen molar-refractivity contribution >= 4 is 28.9 Å². The van der Waals surface area contributed by atoms with Gasteiger partial charge in [0.05, 0.1) is 6.61 Å². The molecular weight excluding hydrogens is 339 g/mol. The van der Waals surface area contributed by atoms with Crippen molar-refractivity contribution < 1.29 is 13.9 Å². The van der Waals surface area contributed by atoms with Gasteiger partial charge in [0, 0.05) is 11.3 Å². The Labute approximate surface area is 152 Å². The van der Waals surface area contributed by atoms with E-state index in [0.29, 0.717) is 29.5 Å². The van der Waals surface area contributed by atoms with Gasteiger partial charge in [-0.05, 0) is 61.0 Å². The third-order valence-electron chi connectivity index (χ3n) is 3.37. The van der Waals surface area contributed by atoms with Crippen LogP contribution in [0.3, 0.4) is 0 Å². The molecule has 2 aromatic rings. The summed E-state index contributed by atoms with van der Waals surface area (Å²) in [4.78, 5) is 12.3. The molecule has 0 saturated carbocycles. The molecule has 0 saturated heterocycles. The molecule has 0 spiro atoms. The van der Waals surface area contributed by atoms with Gasteiger partial charge in [-0.1, -0.05) is 26.0 Å². The molecule has 132 valence electrons. The van der Waals surface area contributed by atoms with E-state index in [-0.39, 0.29) is 16.8 Å². The maximum Gasteiger partial charge on any atom is 0.257 e. The third kappa shape index (κ3) is 6.51.